The van der Waals surface area contributed by atoms with Gasteiger partial charge in [0.15, 0.2) is 9.84 Å². The molecular weight excluding hydrogens is 399 g/mol. The van der Waals surface area contributed by atoms with E-state index in [0.29, 0.717) is 16.9 Å². The van der Waals surface area contributed by atoms with E-state index in [4.69, 9.17) is 16.3 Å². The smallest absolute Gasteiger partial charge is 0.339 e. The lowest BCUT2D eigenvalue weighted by molar-refractivity contribution is 0.0465. The molecule has 4 nitrogen and oxygen atoms in total. The van der Waals surface area contributed by atoms with Gasteiger partial charge in [-0.2, -0.15) is 0 Å². The highest BCUT2D eigenvalue weighted by atomic mass is 35.5. The van der Waals surface area contributed by atoms with Crippen molar-refractivity contribution in [1.29, 1.82) is 0 Å². The quantitative estimate of drug-likeness (QED) is 0.689. The Labute approximate surface area is 160 Å². The van der Waals surface area contributed by atoms with Crippen LogP contribution in [0.4, 0.5) is 4.39 Å². The van der Waals surface area contributed by atoms with Gasteiger partial charge in [0.25, 0.3) is 0 Å². The summed E-state index contributed by atoms with van der Waals surface area (Å²) < 4.78 is 42.3. The molecule has 138 valence electrons. The average molecular weight is 415 g/mol. The second kappa shape index (κ2) is 7.98. The third-order valence-electron chi connectivity index (χ3n) is 4.00. The molecule has 2 aromatic carbocycles. The van der Waals surface area contributed by atoms with E-state index in [-0.39, 0.29) is 33.9 Å². The fourth-order valence-corrected chi connectivity index (χ4v) is 6.49. The molecule has 0 aliphatic carbocycles. The van der Waals surface area contributed by atoms with Gasteiger partial charge in [-0.15, -0.1) is 11.8 Å². The SMILES string of the molecule is O=C(OCc1c(F)cccc1Cl)c1ccccc1S[C@H]1CCS(=O)(=O)C1. The standard InChI is InChI=1S/C18H16ClFO4S2/c19-15-5-3-6-16(20)14(15)10-24-18(21)13-4-1-2-7-17(13)25-12-8-9-26(22,23)11-12/h1-7,12H,8-11H2/t12-/m0/s1. The second-order valence-corrected chi connectivity index (χ2v) is 9.89. The highest BCUT2D eigenvalue weighted by Crippen LogP contribution is 2.33. The molecule has 1 heterocycles. The number of thioether (sulfide) groups is 1. The van der Waals surface area contributed by atoms with Crippen molar-refractivity contribution in [3.8, 4) is 0 Å². The van der Waals surface area contributed by atoms with Crippen LogP contribution in [0.3, 0.4) is 0 Å². The number of ether oxygens (including phenoxy) is 1. The molecule has 2 aromatic rings. The predicted molar refractivity (Wildman–Crippen MR) is 99.9 cm³/mol. The van der Waals surface area contributed by atoms with E-state index < -0.39 is 21.6 Å². The number of halogens is 2. The second-order valence-electron chi connectivity index (χ2n) is 5.92. The molecule has 0 aromatic heterocycles. The highest BCUT2D eigenvalue weighted by molar-refractivity contribution is 8.02. The maximum absolute atomic E-state index is 13.8. The van der Waals surface area contributed by atoms with Gasteiger partial charge in [0.2, 0.25) is 0 Å². The van der Waals surface area contributed by atoms with Crippen molar-refractivity contribution in [2.75, 3.05) is 11.5 Å². The van der Waals surface area contributed by atoms with Crippen LogP contribution in [0.5, 0.6) is 0 Å². The van der Waals surface area contributed by atoms with Crippen molar-refractivity contribution in [2.24, 2.45) is 0 Å². The first-order valence-corrected chi connectivity index (χ1v) is 11.0. The fourth-order valence-electron chi connectivity index (χ4n) is 2.66. The summed E-state index contributed by atoms with van der Waals surface area (Å²) in [6.45, 7) is -0.277. The zero-order valence-electron chi connectivity index (χ0n) is 13.7. The van der Waals surface area contributed by atoms with E-state index >= 15 is 0 Å². The van der Waals surface area contributed by atoms with Crippen LogP contribution in [-0.4, -0.2) is 31.1 Å². The van der Waals surface area contributed by atoms with Crippen LogP contribution >= 0.6 is 23.4 Å². The molecule has 0 radical (unpaired) electrons. The summed E-state index contributed by atoms with van der Waals surface area (Å²) in [6, 6.07) is 11.1. The van der Waals surface area contributed by atoms with Crippen LogP contribution in [0.25, 0.3) is 0 Å². The molecule has 0 unspecified atom stereocenters. The molecule has 0 bridgehead atoms. The van der Waals surface area contributed by atoms with Gasteiger partial charge < -0.3 is 4.74 Å². The topological polar surface area (TPSA) is 60.4 Å². The Bertz CT molecular complexity index is 910. The van der Waals surface area contributed by atoms with Crippen LogP contribution in [0.1, 0.15) is 22.3 Å². The third-order valence-corrected chi connectivity index (χ3v) is 7.68. The minimum Gasteiger partial charge on any atom is -0.457 e. The molecule has 1 fully saturated rings. The van der Waals surface area contributed by atoms with E-state index in [9.17, 15) is 17.6 Å². The number of carbonyl (C=O) groups excluding carboxylic acids is 1. The lowest BCUT2D eigenvalue weighted by Crippen LogP contribution is -2.10. The van der Waals surface area contributed by atoms with Gasteiger partial charge in [0, 0.05) is 15.7 Å². The van der Waals surface area contributed by atoms with Crippen LogP contribution < -0.4 is 0 Å². The number of hydrogen-bond donors (Lipinski definition) is 0. The van der Waals surface area contributed by atoms with Gasteiger partial charge in [0.05, 0.1) is 22.1 Å². The van der Waals surface area contributed by atoms with Crippen molar-refractivity contribution in [3.05, 3.63) is 64.4 Å². The summed E-state index contributed by atoms with van der Waals surface area (Å²) >= 11 is 7.29. The monoisotopic (exact) mass is 414 g/mol. The van der Waals surface area contributed by atoms with Gasteiger partial charge in [0.1, 0.15) is 12.4 Å². The maximum atomic E-state index is 13.8. The van der Waals surface area contributed by atoms with Crippen LogP contribution in [0.15, 0.2) is 47.4 Å². The number of sulfone groups is 1. The fraction of sp³-hybridized carbons (Fsp3) is 0.278. The molecule has 0 saturated carbocycles. The Hall–Kier alpha value is -1.57. The molecule has 26 heavy (non-hydrogen) atoms. The minimum atomic E-state index is -3.00. The van der Waals surface area contributed by atoms with Crippen molar-refractivity contribution in [2.45, 2.75) is 23.2 Å². The number of hydrogen-bond acceptors (Lipinski definition) is 5. The number of benzene rings is 2. The molecule has 1 aliphatic heterocycles. The van der Waals surface area contributed by atoms with E-state index in [0.717, 1.165) is 0 Å². The third kappa shape index (κ3) is 4.58. The molecule has 1 saturated heterocycles. The summed E-state index contributed by atoms with van der Waals surface area (Å²) in [7, 11) is -3.00. The normalized spacial score (nSPS) is 18.6. The Kier molecular flexibility index (Phi) is 5.89. The largest absolute Gasteiger partial charge is 0.457 e. The van der Waals surface area contributed by atoms with Gasteiger partial charge in [-0.05, 0) is 30.7 Å². The van der Waals surface area contributed by atoms with Gasteiger partial charge in [-0.1, -0.05) is 29.8 Å². The van der Waals surface area contributed by atoms with E-state index in [1.165, 1.54) is 30.0 Å². The van der Waals surface area contributed by atoms with Crippen molar-refractivity contribution < 1.29 is 22.3 Å². The minimum absolute atomic E-state index is 0.0880. The summed E-state index contributed by atoms with van der Waals surface area (Å²) in [6.07, 6.45) is 0.557. The lowest BCUT2D eigenvalue weighted by atomic mass is 10.2. The summed E-state index contributed by atoms with van der Waals surface area (Å²) in [5.74, 6) is -0.869. The first kappa shape index (κ1) is 19.2. The predicted octanol–water partition coefficient (Wildman–Crippen LogP) is 4.12. The van der Waals surface area contributed by atoms with Crippen LogP contribution in [-0.2, 0) is 21.2 Å². The maximum Gasteiger partial charge on any atom is 0.339 e. The van der Waals surface area contributed by atoms with E-state index in [1.807, 2.05) is 0 Å². The van der Waals surface area contributed by atoms with Crippen LogP contribution in [0.2, 0.25) is 5.02 Å². The number of esters is 1. The van der Waals surface area contributed by atoms with Crippen molar-refractivity contribution in [3.63, 3.8) is 0 Å². The number of rotatable bonds is 5. The zero-order chi connectivity index (χ0) is 18.7. The number of carbonyl (C=O) groups is 1. The Morgan fingerprint density at radius 3 is 2.69 bits per heavy atom. The molecule has 0 spiro atoms. The van der Waals surface area contributed by atoms with Crippen LogP contribution in [0, 0.1) is 5.82 Å². The van der Waals surface area contributed by atoms with Crippen molar-refractivity contribution >= 4 is 39.2 Å². The first-order chi connectivity index (χ1) is 12.4. The molecule has 0 N–H and O–H groups in total. The van der Waals surface area contributed by atoms with Crippen molar-refractivity contribution in [1.82, 2.24) is 0 Å². The Morgan fingerprint density at radius 1 is 1.23 bits per heavy atom. The molecule has 0 amide bonds. The molecule has 1 atom stereocenters. The summed E-state index contributed by atoms with van der Waals surface area (Å²) in [5.41, 5.74) is 0.448. The summed E-state index contributed by atoms with van der Waals surface area (Å²) in [4.78, 5) is 13.1. The van der Waals surface area contributed by atoms with Gasteiger partial charge in [-0.25, -0.2) is 17.6 Å². The summed E-state index contributed by atoms with van der Waals surface area (Å²) in [5, 5.41) is 0.103. The van der Waals surface area contributed by atoms with Gasteiger partial charge >= 0.3 is 5.97 Å². The molecule has 8 heteroatoms. The van der Waals surface area contributed by atoms with E-state index in [1.54, 1.807) is 24.3 Å². The van der Waals surface area contributed by atoms with E-state index in [2.05, 4.69) is 0 Å². The molecular formula is C18H16ClFO4S2. The first-order valence-electron chi connectivity index (χ1n) is 7.92. The highest BCUT2D eigenvalue weighted by Gasteiger charge is 2.29. The molecule has 1 aliphatic rings. The van der Waals surface area contributed by atoms with Gasteiger partial charge in [-0.3, -0.25) is 0 Å². The Morgan fingerprint density at radius 2 is 2.00 bits per heavy atom. The lowest BCUT2D eigenvalue weighted by Gasteiger charge is -2.13. The Balaban J connectivity index is 1.72. The average Bonchev–Trinajstić information content (AvgIpc) is 2.93. The zero-order valence-corrected chi connectivity index (χ0v) is 16.0. The molecule has 3 rings (SSSR count).